The first-order valence-electron chi connectivity index (χ1n) is 4.46. The van der Waals surface area contributed by atoms with Crippen LogP contribution in [0.4, 0.5) is 0 Å². The number of hydrogen-bond donors (Lipinski definition) is 3. The molecule has 3 nitrogen and oxygen atoms in total. The standard InChI is InChI=1S/C10H16N2O/c1-2-9(12)8-5-7(6-11)3-4-10(8)13/h3-5,9,13H,2,6,11-12H2,1H3. The Kier molecular flexibility index (Phi) is 3.28. The lowest BCUT2D eigenvalue weighted by Gasteiger charge is -2.12. The highest BCUT2D eigenvalue weighted by Crippen LogP contribution is 2.25. The summed E-state index contributed by atoms with van der Waals surface area (Å²) in [5.74, 6) is 0.256. The Balaban J connectivity index is 3.03. The number of hydrogen-bond acceptors (Lipinski definition) is 3. The molecule has 1 rings (SSSR count). The molecule has 0 aliphatic rings. The number of aromatic hydroxyl groups is 1. The van der Waals surface area contributed by atoms with Gasteiger partial charge in [0.1, 0.15) is 5.75 Å². The first-order valence-corrected chi connectivity index (χ1v) is 4.46. The zero-order valence-corrected chi connectivity index (χ0v) is 7.83. The number of benzene rings is 1. The highest BCUT2D eigenvalue weighted by atomic mass is 16.3. The molecule has 0 radical (unpaired) electrons. The van der Waals surface area contributed by atoms with Gasteiger partial charge in [0.2, 0.25) is 0 Å². The van der Waals surface area contributed by atoms with Crippen LogP contribution in [0, 0.1) is 0 Å². The number of phenolic OH excluding ortho intramolecular Hbond substituents is 1. The average Bonchev–Trinajstić information content (AvgIpc) is 2.17. The Morgan fingerprint density at radius 1 is 1.46 bits per heavy atom. The Labute approximate surface area is 78.4 Å². The van der Waals surface area contributed by atoms with E-state index in [4.69, 9.17) is 11.5 Å². The van der Waals surface area contributed by atoms with Crippen molar-refractivity contribution in [3.8, 4) is 5.75 Å². The van der Waals surface area contributed by atoms with Gasteiger partial charge in [0.25, 0.3) is 0 Å². The first-order chi connectivity index (χ1) is 6.19. The molecule has 1 atom stereocenters. The maximum absolute atomic E-state index is 9.51. The molecular weight excluding hydrogens is 164 g/mol. The van der Waals surface area contributed by atoms with E-state index in [0.717, 1.165) is 17.5 Å². The molecule has 0 aliphatic carbocycles. The van der Waals surface area contributed by atoms with Crippen LogP contribution in [0.25, 0.3) is 0 Å². The maximum Gasteiger partial charge on any atom is 0.120 e. The summed E-state index contributed by atoms with van der Waals surface area (Å²) in [6.45, 7) is 2.46. The fraction of sp³-hybridized carbons (Fsp3) is 0.400. The van der Waals surface area contributed by atoms with Crippen LogP contribution in [-0.2, 0) is 6.54 Å². The smallest absolute Gasteiger partial charge is 0.120 e. The second kappa shape index (κ2) is 4.25. The number of phenols is 1. The van der Waals surface area contributed by atoms with Gasteiger partial charge in [0.15, 0.2) is 0 Å². The quantitative estimate of drug-likeness (QED) is 0.655. The van der Waals surface area contributed by atoms with Crippen LogP contribution < -0.4 is 11.5 Å². The average molecular weight is 180 g/mol. The monoisotopic (exact) mass is 180 g/mol. The molecule has 72 valence electrons. The Hall–Kier alpha value is -1.06. The summed E-state index contributed by atoms with van der Waals surface area (Å²) in [6.07, 6.45) is 0.807. The molecule has 0 amide bonds. The minimum atomic E-state index is -0.105. The second-order valence-electron chi connectivity index (χ2n) is 3.11. The van der Waals surface area contributed by atoms with Gasteiger partial charge < -0.3 is 16.6 Å². The number of nitrogens with two attached hydrogens (primary N) is 2. The largest absolute Gasteiger partial charge is 0.508 e. The molecule has 0 aliphatic heterocycles. The minimum Gasteiger partial charge on any atom is -0.508 e. The third-order valence-electron chi connectivity index (χ3n) is 2.17. The molecule has 0 spiro atoms. The number of rotatable bonds is 3. The van der Waals surface area contributed by atoms with E-state index >= 15 is 0 Å². The SMILES string of the molecule is CCC(N)c1cc(CN)ccc1O. The highest BCUT2D eigenvalue weighted by Gasteiger charge is 2.08. The molecule has 0 aromatic heterocycles. The van der Waals surface area contributed by atoms with Gasteiger partial charge in [-0.05, 0) is 24.1 Å². The fourth-order valence-corrected chi connectivity index (χ4v) is 1.25. The molecule has 0 saturated carbocycles. The third kappa shape index (κ3) is 2.20. The van der Waals surface area contributed by atoms with Crippen LogP contribution >= 0.6 is 0 Å². The van der Waals surface area contributed by atoms with Crippen molar-refractivity contribution in [3.05, 3.63) is 29.3 Å². The van der Waals surface area contributed by atoms with E-state index in [1.165, 1.54) is 0 Å². The van der Waals surface area contributed by atoms with Crippen LogP contribution in [0.2, 0.25) is 0 Å². The summed E-state index contributed by atoms with van der Waals surface area (Å²) >= 11 is 0. The van der Waals surface area contributed by atoms with Crippen LogP contribution in [0.15, 0.2) is 18.2 Å². The molecule has 0 heterocycles. The van der Waals surface area contributed by atoms with Crippen LogP contribution in [-0.4, -0.2) is 5.11 Å². The van der Waals surface area contributed by atoms with E-state index in [-0.39, 0.29) is 11.8 Å². The normalized spacial score (nSPS) is 12.8. The van der Waals surface area contributed by atoms with Gasteiger partial charge >= 0.3 is 0 Å². The van der Waals surface area contributed by atoms with Gasteiger partial charge in [-0.15, -0.1) is 0 Å². The van der Waals surface area contributed by atoms with Crippen molar-refractivity contribution in [2.45, 2.75) is 25.9 Å². The topological polar surface area (TPSA) is 72.3 Å². The lowest BCUT2D eigenvalue weighted by Crippen LogP contribution is -2.09. The van der Waals surface area contributed by atoms with Crippen LogP contribution in [0.5, 0.6) is 5.75 Å². The van der Waals surface area contributed by atoms with Crippen molar-refractivity contribution >= 4 is 0 Å². The van der Waals surface area contributed by atoms with Crippen LogP contribution in [0.3, 0.4) is 0 Å². The first kappa shape index (κ1) is 10.0. The van der Waals surface area contributed by atoms with Gasteiger partial charge in [-0.2, -0.15) is 0 Å². The summed E-state index contributed by atoms with van der Waals surface area (Å²) in [6, 6.07) is 5.21. The molecule has 0 bridgehead atoms. The van der Waals surface area contributed by atoms with Gasteiger partial charge in [-0.3, -0.25) is 0 Å². The fourth-order valence-electron chi connectivity index (χ4n) is 1.25. The molecule has 0 saturated heterocycles. The summed E-state index contributed by atoms with van der Waals surface area (Å²) in [5.41, 5.74) is 13.1. The molecular formula is C10H16N2O. The highest BCUT2D eigenvalue weighted by molar-refractivity contribution is 5.38. The summed E-state index contributed by atoms with van der Waals surface area (Å²) < 4.78 is 0. The predicted molar refractivity (Wildman–Crippen MR) is 53.2 cm³/mol. The van der Waals surface area contributed by atoms with Crippen molar-refractivity contribution in [1.82, 2.24) is 0 Å². The summed E-state index contributed by atoms with van der Waals surface area (Å²) in [4.78, 5) is 0. The minimum absolute atomic E-state index is 0.105. The van der Waals surface area contributed by atoms with Gasteiger partial charge in [0.05, 0.1) is 0 Å². The summed E-state index contributed by atoms with van der Waals surface area (Å²) in [7, 11) is 0. The molecule has 1 aromatic rings. The molecule has 3 heteroatoms. The van der Waals surface area contributed by atoms with E-state index < -0.39 is 0 Å². The van der Waals surface area contributed by atoms with Crippen molar-refractivity contribution < 1.29 is 5.11 Å². The third-order valence-corrected chi connectivity index (χ3v) is 2.17. The van der Waals surface area contributed by atoms with Gasteiger partial charge in [-0.1, -0.05) is 13.0 Å². The van der Waals surface area contributed by atoms with Crippen molar-refractivity contribution in [3.63, 3.8) is 0 Å². The zero-order valence-electron chi connectivity index (χ0n) is 7.83. The Morgan fingerprint density at radius 3 is 2.69 bits per heavy atom. The molecule has 1 aromatic carbocycles. The maximum atomic E-state index is 9.51. The van der Waals surface area contributed by atoms with E-state index in [9.17, 15) is 5.11 Å². The Bertz CT molecular complexity index is 286. The van der Waals surface area contributed by atoms with Crippen LogP contribution in [0.1, 0.15) is 30.5 Å². The zero-order chi connectivity index (χ0) is 9.84. The second-order valence-corrected chi connectivity index (χ2v) is 3.11. The van der Waals surface area contributed by atoms with E-state index in [1.54, 1.807) is 12.1 Å². The van der Waals surface area contributed by atoms with E-state index in [0.29, 0.717) is 6.54 Å². The molecule has 5 N–H and O–H groups in total. The van der Waals surface area contributed by atoms with Crippen molar-refractivity contribution in [1.29, 1.82) is 0 Å². The van der Waals surface area contributed by atoms with Gasteiger partial charge in [0, 0.05) is 18.2 Å². The lowest BCUT2D eigenvalue weighted by molar-refractivity contribution is 0.460. The molecule has 13 heavy (non-hydrogen) atoms. The van der Waals surface area contributed by atoms with E-state index in [1.807, 2.05) is 13.0 Å². The summed E-state index contributed by atoms with van der Waals surface area (Å²) in [5, 5.41) is 9.51. The Morgan fingerprint density at radius 2 is 2.15 bits per heavy atom. The van der Waals surface area contributed by atoms with E-state index in [2.05, 4.69) is 0 Å². The van der Waals surface area contributed by atoms with Gasteiger partial charge in [-0.25, -0.2) is 0 Å². The van der Waals surface area contributed by atoms with Crippen molar-refractivity contribution in [2.75, 3.05) is 0 Å². The lowest BCUT2D eigenvalue weighted by atomic mass is 10.0. The van der Waals surface area contributed by atoms with Crippen molar-refractivity contribution in [2.24, 2.45) is 11.5 Å². The molecule has 0 fully saturated rings. The molecule has 1 unspecified atom stereocenters. The predicted octanol–water partition coefficient (Wildman–Crippen LogP) is 1.26.